The van der Waals surface area contributed by atoms with E-state index in [-0.39, 0.29) is 0 Å². The van der Waals surface area contributed by atoms with E-state index in [9.17, 15) is 5.11 Å². The van der Waals surface area contributed by atoms with E-state index in [0.29, 0.717) is 12.0 Å². The van der Waals surface area contributed by atoms with Gasteiger partial charge in [0, 0.05) is 25.0 Å². The number of rotatable bonds is 3. The normalized spacial score (nSPS) is 30.7. The van der Waals surface area contributed by atoms with Gasteiger partial charge in [-0.15, -0.1) is 0 Å². The van der Waals surface area contributed by atoms with Crippen molar-refractivity contribution in [2.24, 2.45) is 5.92 Å². The Morgan fingerprint density at radius 2 is 1.58 bits per heavy atom. The SMILES string of the molecule is O[C@]1(c2ccccc2)CCN(Cc2ccccc2)[C@@H]2CCCC[C@@H]21. The maximum Gasteiger partial charge on any atom is 0.0951 e. The van der Waals surface area contributed by atoms with Crippen LogP contribution in [-0.4, -0.2) is 22.6 Å². The van der Waals surface area contributed by atoms with Gasteiger partial charge in [0.1, 0.15) is 0 Å². The van der Waals surface area contributed by atoms with Crippen molar-refractivity contribution >= 4 is 0 Å². The molecule has 0 radical (unpaired) electrons. The summed E-state index contributed by atoms with van der Waals surface area (Å²) < 4.78 is 0. The summed E-state index contributed by atoms with van der Waals surface area (Å²) in [4.78, 5) is 2.62. The van der Waals surface area contributed by atoms with E-state index in [1.165, 1.54) is 24.8 Å². The van der Waals surface area contributed by atoms with Crippen molar-refractivity contribution in [3.05, 3.63) is 71.8 Å². The highest BCUT2D eigenvalue weighted by atomic mass is 16.3. The topological polar surface area (TPSA) is 23.5 Å². The Morgan fingerprint density at radius 1 is 0.917 bits per heavy atom. The lowest BCUT2D eigenvalue weighted by molar-refractivity contribution is -0.123. The molecule has 1 N–H and O–H groups in total. The van der Waals surface area contributed by atoms with E-state index < -0.39 is 5.60 Å². The quantitative estimate of drug-likeness (QED) is 0.909. The van der Waals surface area contributed by atoms with Crippen LogP contribution in [0.15, 0.2) is 60.7 Å². The summed E-state index contributed by atoms with van der Waals surface area (Å²) in [6, 6.07) is 21.6. The predicted octanol–water partition coefficient (Wildman–Crippen LogP) is 4.34. The van der Waals surface area contributed by atoms with E-state index in [1.54, 1.807) is 0 Å². The molecule has 1 aliphatic heterocycles. The summed E-state index contributed by atoms with van der Waals surface area (Å²) in [5, 5.41) is 11.6. The molecule has 1 saturated carbocycles. The van der Waals surface area contributed by atoms with Crippen molar-refractivity contribution in [3.8, 4) is 0 Å². The first kappa shape index (κ1) is 15.9. The molecule has 4 rings (SSSR count). The lowest BCUT2D eigenvalue weighted by Crippen LogP contribution is -2.57. The van der Waals surface area contributed by atoms with Crippen LogP contribution in [0.1, 0.15) is 43.2 Å². The molecule has 2 nitrogen and oxygen atoms in total. The van der Waals surface area contributed by atoms with E-state index in [0.717, 1.165) is 31.5 Å². The molecule has 2 fully saturated rings. The van der Waals surface area contributed by atoms with Crippen molar-refractivity contribution in [3.63, 3.8) is 0 Å². The Morgan fingerprint density at radius 3 is 2.33 bits per heavy atom. The minimum atomic E-state index is -0.653. The van der Waals surface area contributed by atoms with E-state index in [2.05, 4.69) is 59.5 Å². The van der Waals surface area contributed by atoms with Crippen LogP contribution in [0.5, 0.6) is 0 Å². The lowest BCUT2D eigenvalue weighted by Gasteiger charge is -2.52. The van der Waals surface area contributed by atoms with Crippen molar-refractivity contribution in [1.82, 2.24) is 4.90 Å². The molecule has 3 atom stereocenters. The molecule has 1 heterocycles. The van der Waals surface area contributed by atoms with Crippen molar-refractivity contribution < 1.29 is 5.11 Å². The number of nitrogens with zero attached hydrogens (tertiary/aromatic N) is 1. The lowest BCUT2D eigenvalue weighted by atomic mass is 9.66. The number of piperidine rings is 1. The highest BCUT2D eigenvalue weighted by Crippen LogP contribution is 2.47. The number of fused-ring (bicyclic) bond motifs is 1. The third-order valence-electron chi connectivity index (χ3n) is 6.09. The maximum absolute atomic E-state index is 11.6. The minimum absolute atomic E-state index is 0.353. The van der Waals surface area contributed by atoms with E-state index in [1.807, 2.05) is 6.07 Å². The average Bonchev–Trinajstić information content (AvgIpc) is 2.66. The first-order valence-electron chi connectivity index (χ1n) is 9.33. The van der Waals surface area contributed by atoms with Crippen LogP contribution in [0.4, 0.5) is 0 Å². The average molecular weight is 321 g/mol. The summed E-state index contributed by atoms with van der Waals surface area (Å²) in [6.07, 6.45) is 5.73. The monoisotopic (exact) mass is 321 g/mol. The van der Waals surface area contributed by atoms with E-state index in [4.69, 9.17) is 0 Å². The number of hydrogen-bond donors (Lipinski definition) is 1. The summed E-state index contributed by atoms with van der Waals surface area (Å²) in [5.41, 5.74) is 1.84. The molecule has 0 amide bonds. The second kappa shape index (κ2) is 6.70. The van der Waals surface area contributed by atoms with Crippen LogP contribution in [0.2, 0.25) is 0 Å². The van der Waals surface area contributed by atoms with Crippen molar-refractivity contribution in [1.29, 1.82) is 0 Å². The zero-order chi connectivity index (χ0) is 16.4. The van der Waals surface area contributed by atoms with Gasteiger partial charge in [-0.25, -0.2) is 0 Å². The molecular formula is C22H27NO. The first-order chi connectivity index (χ1) is 11.8. The van der Waals surface area contributed by atoms with Crippen LogP contribution in [0, 0.1) is 5.92 Å². The van der Waals surface area contributed by atoms with Gasteiger partial charge in [-0.1, -0.05) is 73.5 Å². The molecule has 2 aromatic rings. The Balaban J connectivity index is 1.60. The Labute approximate surface area is 145 Å². The molecule has 1 aliphatic carbocycles. The van der Waals surface area contributed by atoms with Crippen molar-refractivity contribution in [2.75, 3.05) is 6.54 Å². The van der Waals surface area contributed by atoms with Crippen LogP contribution in [0.3, 0.4) is 0 Å². The zero-order valence-electron chi connectivity index (χ0n) is 14.3. The van der Waals surface area contributed by atoms with Gasteiger partial charge < -0.3 is 5.11 Å². The molecule has 1 saturated heterocycles. The Kier molecular flexibility index (Phi) is 4.43. The molecule has 0 aromatic heterocycles. The Bertz CT molecular complexity index is 656. The third kappa shape index (κ3) is 2.89. The fourth-order valence-corrected chi connectivity index (χ4v) is 4.87. The van der Waals surface area contributed by atoms with E-state index >= 15 is 0 Å². The molecule has 0 spiro atoms. The first-order valence-corrected chi connectivity index (χ1v) is 9.33. The summed E-state index contributed by atoms with van der Waals surface area (Å²) in [5.74, 6) is 0.353. The molecule has 0 bridgehead atoms. The molecule has 0 unspecified atom stereocenters. The highest BCUT2D eigenvalue weighted by Gasteiger charge is 2.48. The van der Waals surface area contributed by atoms with Gasteiger partial charge in [0.05, 0.1) is 5.60 Å². The molecule has 2 aromatic carbocycles. The van der Waals surface area contributed by atoms with Gasteiger partial charge >= 0.3 is 0 Å². The molecular weight excluding hydrogens is 294 g/mol. The summed E-state index contributed by atoms with van der Waals surface area (Å²) in [6.45, 7) is 1.98. The van der Waals surface area contributed by atoms with Gasteiger partial charge in [-0.2, -0.15) is 0 Å². The van der Waals surface area contributed by atoms with Crippen LogP contribution in [0.25, 0.3) is 0 Å². The van der Waals surface area contributed by atoms with Gasteiger partial charge in [0.25, 0.3) is 0 Å². The third-order valence-corrected chi connectivity index (χ3v) is 6.09. The minimum Gasteiger partial charge on any atom is -0.385 e. The highest BCUT2D eigenvalue weighted by molar-refractivity contribution is 5.26. The van der Waals surface area contributed by atoms with Gasteiger partial charge in [-0.05, 0) is 30.4 Å². The standard InChI is InChI=1S/C22H27NO/c24-22(19-11-5-2-6-12-19)15-16-23(17-18-9-3-1-4-10-18)21-14-8-7-13-20(21)22/h1-6,9-12,20-21,24H,7-8,13-17H2/t20-,21+,22-/m0/s1. The smallest absolute Gasteiger partial charge is 0.0951 e. The number of benzene rings is 2. The molecule has 2 aliphatic rings. The van der Waals surface area contributed by atoms with Gasteiger partial charge in [-0.3, -0.25) is 4.90 Å². The fraction of sp³-hybridized carbons (Fsp3) is 0.455. The van der Waals surface area contributed by atoms with Crippen LogP contribution in [-0.2, 0) is 12.1 Å². The number of hydrogen-bond acceptors (Lipinski definition) is 2. The molecule has 24 heavy (non-hydrogen) atoms. The predicted molar refractivity (Wildman–Crippen MR) is 97.6 cm³/mol. The number of aliphatic hydroxyl groups is 1. The second-order valence-corrected chi connectivity index (χ2v) is 7.45. The summed E-state index contributed by atoms with van der Waals surface area (Å²) in [7, 11) is 0. The van der Waals surface area contributed by atoms with Gasteiger partial charge in [0.2, 0.25) is 0 Å². The fourth-order valence-electron chi connectivity index (χ4n) is 4.87. The zero-order valence-corrected chi connectivity index (χ0v) is 14.3. The molecule has 126 valence electrons. The van der Waals surface area contributed by atoms with Crippen molar-refractivity contribution in [2.45, 2.75) is 50.3 Å². The van der Waals surface area contributed by atoms with Gasteiger partial charge in [0.15, 0.2) is 0 Å². The second-order valence-electron chi connectivity index (χ2n) is 7.45. The van der Waals surface area contributed by atoms with Crippen LogP contribution < -0.4 is 0 Å². The van der Waals surface area contributed by atoms with Crippen LogP contribution >= 0.6 is 0 Å². The summed E-state index contributed by atoms with van der Waals surface area (Å²) >= 11 is 0. The Hall–Kier alpha value is -1.64. The number of likely N-dealkylation sites (tertiary alicyclic amines) is 1. The molecule has 2 heteroatoms. The largest absolute Gasteiger partial charge is 0.385 e. The maximum atomic E-state index is 11.6.